The minimum Gasteiger partial charge on any atom is -0.495 e. The van der Waals surface area contributed by atoms with Crippen LogP contribution < -0.4 is 25.8 Å². The number of carbonyl (C=O) groups excluding carboxylic acids is 2. The first-order chi connectivity index (χ1) is 15.5. The number of hydrogen-bond donors (Lipinski definition) is 3. The quantitative estimate of drug-likeness (QED) is 0.572. The summed E-state index contributed by atoms with van der Waals surface area (Å²) in [7, 11) is 1.53. The highest BCUT2D eigenvalue weighted by atomic mass is 35.5. The summed E-state index contributed by atoms with van der Waals surface area (Å²) in [6.07, 6.45) is -0.382. The molecule has 2 unspecified atom stereocenters. The van der Waals surface area contributed by atoms with Gasteiger partial charge in [-0.25, -0.2) is 10.4 Å². The van der Waals surface area contributed by atoms with Crippen LogP contribution in [-0.4, -0.2) is 42.6 Å². The number of thioether (sulfide) groups is 1. The maximum absolute atomic E-state index is 13.2. The second-order valence-corrected chi connectivity index (χ2v) is 8.96. The highest BCUT2D eigenvalue weighted by molar-refractivity contribution is 8.14. The predicted octanol–water partition coefficient (Wildman–Crippen LogP) is 2.80. The maximum Gasteiger partial charge on any atom is 0.241 e. The topological polar surface area (TPSA) is 95.1 Å². The number of hydrogen-bond acceptors (Lipinski definition) is 7. The van der Waals surface area contributed by atoms with Crippen LogP contribution in [0.5, 0.6) is 5.75 Å². The molecule has 0 spiro atoms. The number of fused-ring (bicyclic) bond motifs is 1. The summed E-state index contributed by atoms with van der Waals surface area (Å²) in [4.78, 5) is 31.8. The van der Waals surface area contributed by atoms with Crippen LogP contribution in [0.1, 0.15) is 5.56 Å². The molecular weight excluding hydrogens is 473 g/mol. The Hall–Kier alpha value is -2.30. The monoisotopic (exact) mass is 493 g/mol. The van der Waals surface area contributed by atoms with Crippen molar-refractivity contribution < 1.29 is 14.3 Å². The smallest absolute Gasteiger partial charge is 0.241 e. The van der Waals surface area contributed by atoms with E-state index in [1.165, 1.54) is 23.8 Å². The highest BCUT2D eigenvalue weighted by Crippen LogP contribution is 2.34. The van der Waals surface area contributed by atoms with Crippen molar-refractivity contribution in [1.29, 1.82) is 0 Å². The lowest BCUT2D eigenvalue weighted by molar-refractivity contribution is -0.121. The van der Waals surface area contributed by atoms with Gasteiger partial charge in [-0.05, 0) is 35.9 Å². The number of nitrogens with one attached hydrogen (secondary N) is 3. The third-order valence-electron chi connectivity index (χ3n) is 5.06. The number of rotatable bonds is 6. The van der Waals surface area contributed by atoms with E-state index >= 15 is 0 Å². The summed E-state index contributed by atoms with van der Waals surface area (Å²) >= 11 is 13.4. The van der Waals surface area contributed by atoms with Crippen LogP contribution in [0.15, 0.2) is 47.5 Å². The molecular formula is C21H21Cl2N5O3S. The Morgan fingerprint density at radius 3 is 2.78 bits per heavy atom. The molecule has 2 aromatic carbocycles. The normalized spacial score (nSPS) is 20.0. The molecule has 3 N–H and O–H groups in total. The number of benzene rings is 2. The Morgan fingerprint density at radius 1 is 1.28 bits per heavy atom. The molecule has 11 heteroatoms. The molecule has 2 aliphatic heterocycles. The predicted molar refractivity (Wildman–Crippen MR) is 127 cm³/mol. The van der Waals surface area contributed by atoms with Crippen LogP contribution in [0, 0.1) is 5.92 Å². The Balaban J connectivity index is 1.47. The molecule has 2 aliphatic rings. The number of anilines is 1. The van der Waals surface area contributed by atoms with Gasteiger partial charge in [0.2, 0.25) is 11.8 Å². The zero-order valence-electron chi connectivity index (χ0n) is 17.1. The molecule has 32 heavy (non-hydrogen) atoms. The van der Waals surface area contributed by atoms with Gasteiger partial charge in [0.05, 0.1) is 29.5 Å². The van der Waals surface area contributed by atoms with Crippen LogP contribution in [0.25, 0.3) is 0 Å². The van der Waals surface area contributed by atoms with E-state index < -0.39 is 0 Å². The van der Waals surface area contributed by atoms with Crippen molar-refractivity contribution in [3.8, 4) is 5.75 Å². The fourth-order valence-electron chi connectivity index (χ4n) is 3.39. The van der Waals surface area contributed by atoms with Crippen molar-refractivity contribution in [2.75, 3.05) is 24.3 Å². The summed E-state index contributed by atoms with van der Waals surface area (Å²) in [6, 6.07) is 12.4. The lowest BCUT2D eigenvalue weighted by Gasteiger charge is -2.32. The zero-order valence-corrected chi connectivity index (χ0v) is 19.4. The second-order valence-electron chi connectivity index (χ2n) is 7.17. The van der Waals surface area contributed by atoms with Crippen molar-refractivity contribution in [1.82, 2.24) is 16.2 Å². The van der Waals surface area contributed by atoms with Crippen LogP contribution in [0.3, 0.4) is 0 Å². The first kappa shape index (κ1) is 22.9. The van der Waals surface area contributed by atoms with Crippen molar-refractivity contribution in [3.05, 3.63) is 58.1 Å². The van der Waals surface area contributed by atoms with E-state index in [9.17, 15) is 9.59 Å². The third-order valence-corrected chi connectivity index (χ3v) is 6.56. The molecule has 2 atom stereocenters. The molecule has 0 aromatic heterocycles. The van der Waals surface area contributed by atoms with Gasteiger partial charge in [-0.1, -0.05) is 47.1 Å². The molecule has 1 fully saturated rings. The lowest BCUT2D eigenvalue weighted by atomic mass is 10.0. The van der Waals surface area contributed by atoms with E-state index in [2.05, 4.69) is 21.2 Å². The maximum atomic E-state index is 13.2. The number of ether oxygens (including phenoxy) is 1. The van der Waals surface area contributed by atoms with E-state index in [1.807, 2.05) is 12.1 Å². The van der Waals surface area contributed by atoms with Crippen molar-refractivity contribution in [2.45, 2.75) is 12.7 Å². The van der Waals surface area contributed by atoms with Gasteiger partial charge >= 0.3 is 0 Å². The van der Waals surface area contributed by atoms with E-state index in [0.717, 1.165) is 5.56 Å². The molecule has 4 rings (SSSR count). The second kappa shape index (κ2) is 10.1. The van der Waals surface area contributed by atoms with Gasteiger partial charge in [0, 0.05) is 18.1 Å². The first-order valence-corrected chi connectivity index (χ1v) is 11.6. The number of nitrogens with zero attached hydrogens (tertiary/aromatic N) is 2. The standard InChI is InChI=1S/C21H21Cl2N5O3S/c1-31-17-7-6-14(8-16(17)23)28-20(30)15-10-25-27-19(15)26-21(28)32-11-18(29)24-9-12-2-4-13(22)5-3-12/h2-8,15,19,25,27H,9-11H2,1H3,(H,24,29). The Morgan fingerprint density at radius 2 is 2.06 bits per heavy atom. The molecule has 8 nitrogen and oxygen atoms in total. The molecule has 0 radical (unpaired) electrons. The molecule has 168 valence electrons. The summed E-state index contributed by atoms with van der Waals surface area (Å²) in [6.45, 7) is 0.850. The Kier molecular flexibility index (Phi) is 7.22. The molecule has 1 saturated heterocycles. The van der Waals surface area contributed by atoms with E-state index in [0.29, 0.717) is 39.7 Å². The highest BCUT2D eigenvalue weighted by Gasteiger charge is 2.42. The summed E-state index contributed by atoms with van der Waals surface area (Å²) in [5.74, 6) is -0.0286. The third kappa shape index (κ3) is 5.02. The van der Waals surface area contributed by atoms with Crippen molar-refractivity contribution in [3.63, 3.8) is 0 Å². The molecule has 2 amide bonds. The van der Waals surface area contributed by atoms with Gasteiger partial charge in [0.1, 0.15) is 11.9 Å². The fraction of sp³-hybridized carbons (Fsp3) is 0.286. The largest absolute Gasteiger partial charge is 0.495 e. The van der Waals surface area contributed by atoms with Gasteiger partial charge < -0.3 is 10.1 Å². The lowest BCUT2D eigenvalue weighted by Crippen LogP contribution is -2.49. The minimum absolute atomic E-state index is 0.102. The summed E-state index contributed by atoms with van der Waals surface area (Å²) < 4.78 is 5.21. The number of aliphatic imine (C=N–C) groups is 1. The van der Waals surface area contributed by atoms with Gasteiger partial charge in [-0.2, -0.15) is 0 Å². The SMILES string of the molecule is COc1ccc(N2C(=O)C3CNNC3N=C2SCC(=O)NCc2ccc(Cl)cc2)cc1Cl. The molecule has 2 aromatic rings. The molecule has 0 aliphatic carbocycles. The van der Waals surface area contributed by atoms with E-state index in [-0.39, 0.29) is 29.7 Å². The summed E-state index contributed by atoms with van der Waals surface area (Å²) in [5, 5.41) is 4.32. The number of amidine groups is 1. The molecule has 0 bridgehead atoms. The first-order valence-electron chi connectivity index (χ1n) is 9.84. The average molecular weight is 494 g/mol. The Labute approximate surface area is 199 Å². The number of amides is 2. The van der Waals surface area contributed by atoms with Gasteiger partial charge in [-0.15, -0.1) is 0 Å². The summed E-state index contributed by atoms with van der Waals surface area (Å²) in [5.41, 5.74) is 7.49. The fourth-order valence-corrected chi connectivity index (χ4v) is 4.64. The Bertz CT molecular complexity index is 1050. The number of hydrazine groups is 1. The van der Waals surface area contributed by atoms with Gasteiger partial charge in [0.25, 0.3) is 0 Å². The van der Waals surface area contributed by atoms with E-state index in [1.54, 1.807) is 30.3 Å². The number of halogens is 2. The van der Waals surface area contributed by atoms with Crippen molar-refractivity contribution >= 4 is 57.6 Å². The van der Waals surface area contributed by atoms with Crippen LogP contribution in [-0.2, 0) is 16.1 Å². The van der Waals surface area contributed by atoms with Gasteiger partial charge in [-0.3, -0.25) is 19.9 Å². The van der Waals surface area contributed by atoms with Crippen LogP contribution in [0.2, 0.25) is 10.0 Å². The molecule has 2 heterocycles. The number of methoxy groups -OCH3 is 1. The van der Waals surface area contributed by atoms with Crippen LogP contribution in [0.4, 0.5) is 5.69 Å². The van der Waals surface area contributed by atoms with Crippen LogP contribution >= 0.6 is 35.0 Å². The number of carbonyl (C=O) groups is 2. The van der Waals surface area contributed by atoms with Gasteiger partial charge in [0.15, 0.2) is 5.17 Å². The van der Waals surface area contributed by atoms with E-state index in [4.69, 9.17) is 27.9 Å². The molecule has 0 saturated carbocycles. The van der Waals surface area contributed by atoms with Crippen molar-refractivity contribution in [2.24, 2.45) is 10.9 Å². The average Bonchev–Trinajstić information content (AvgIpc) is 3.26. The minimum atomic E-state index is -0.382. The zero-order chi connectivity index (χ0) is 22.7.